The van der Waals surface area contributed by atoms with E-state index in [1.54, 1.807) is 24.1 Å². The zero-order valence-corrected chi connectivity index (χ0v) is 15.2. The van der Waals surface area contributed by atoms with Crippen molar-refractivity contribution >= 4 is 32.9 Å². The first kappa shape index (κ1) is 19.7. The summed E-state index contributed by atoms with van der Waals surface area (Å²) in [6.07, 6.45) is -4.29. The fraction of sp³-hybridized carbons (Fsp3) is 0.500. The first-order valence-corrected chi connectivity index (χ1v) is 9.53. The quantitative estimate of drug-likeness (QED) is 0.618. The number of alkyl halides is 3. The molecule has 1 heterocycles. The average molecular weight is 397 g/mol. The molecule has 0 bridgehead atoms. The van der Waals surface area contributed by atoms with Crippen LogP contribution in [0.15, 0.2) is 24.3 Å². The normalized spacial score (nSPS) is 19.7. The van der Waals surface area contributed by atoms with Gasteiger partial charge in [-0.1, -0.05) is 0 Å². The summed E-state index contributed by atoms with van der Waals surface area (Å²) in [7, 11) is 0.388. The van der Waals surface area contributed by atoms with E-state index >= 15 is 0 Å². The number of hydrogen-bond acceptors (Lipinski definition) is 5. The largest absolute Gasteiger partial charge is 0.573 e. The number of anilines is 1. The van der Waals surface area contributed by atoms with E-state index in [0.29, 0.717) is 12.1 Å². The van der Waals surface area contributed by atoms with Gasteiger partial charge in [-0.05, 0) is 42.9 Å². The van der Waals surface area contributed by atoms with Crippen LogP contribution in [0.4, 0.5) is 18.9 Å². The molecule has 0 amide bonds. The Hall–Kier alpha value is -1.59. The maximum Gasteiger partial charge on any atom is 0.573 e. The Balaban J connectivity index is 2.06. The predicted octanol–water partition coefficient (Wildman–Crippen LogP) is 2.25. The van der Waals surface area contributed by atoms with Crippen LogP contribution >= 0.6 is 12.2 Å². The molecule has 1 saturated heterocycles. The van der Waals surface area contributed by atoms with Gasteiger partial charge >= 0.3 is 6.36 Å². The number of hydrazine groups is 1. The molecule has 0 saturated carbocycles. The number of ether oxygens (including phenoxy) is 1. The minimum absolute atomic E-state index is 0.00532. The number of hydrogen-bond donors (Lipinski definition) is 1. The van der Waals surface area contributed by atoms with E-state index in [2.05, 4.69) is 10.1 Å². The van der Waals surface area contributed by atoms with Gasteiger partial charge in [0.15, 0.2) is 14.9 Å². The summed E-state index contributed by atoms with van der Waals surface area (Å²) >= 11 is 5.33. The summed E-state index contributed by atoms with van der Waals surface area (Å²) in [6.45, 7) is 0. The molecule has 6 nitrogen and oxygen atoms in total. The van der Waals surface area contributed by atoms with Crippen molar-refractivity contribution in [2.45, 2.75) is 18.8 Å². The van der Waals surface area contributed by atoms with Gasteiger partial charge in [0.05, 0.1) is 17.5 Å². The van der Waals surface area contributed by atoms with Gasteiger partial charge in [-0.25, -0.2) is 13.4 Å². The number of thiocarbonyl (C=S) groups is 1. The highest BCUT2D eigenvalue weighted by atomic mass is 32.2. The van der Waals surface area contributed by atoms with Crippen molar-refractivity contribution in [3.63, 3.8) is 0 Å². The molecule has 1 aromatic rings. The van der Waals surface area contributed by atoms with Crippen LogP contribution in [-0.2, 0) is 9.84 Å². The maximum absolute atomic E-state index is 12.2. The van der Waals surface area contributed by atoms with Crippen LogP contribution in [0, 0.1) is 0 Å². The zero-order valence-electron chi connectivity index (χ0n) is 13.6. The number of rotatable bonds is 4. The molecule has 0 spiro atoms. The van der Waals surface area contributed by atoms with Gasteiger partial charge in [-0.15, -0.1) is 13.2 Å². The van der Waals surface area contributed by atoms with Gasteiger partial charge in [0.2, 0.25) is 0 Å². The first-order chi connectivity index (χ1) is 11.5. The highest BCUT2D eigenvalue weighted by molar-refractivity contribution is 7.91. The van der Waals surface area contributed by atoms with Crippen LogP contribution < -0.4 is 10.1 Å². The monoisotopic (exact) mass is 397 g/mol. The Kier molecular flexibility index (Phi) is 5.79. The van der Waals surface area contributed by atoms with Gasteiger partial charge in [0.1, 0.15) is 5.75 Å². The molecule has 1 aromatic carbocycles. The van der Waals surface area contributed by atoms with Crippen molar-refractivity contribution in [2.24, 2.45) is 0 Å². The number of nitrogens with zero attached hydrogens (tertiary/aromatic N) is 2. The fourth-order valence-electron chi connectivity index (χ4n) is 2.56. The maximum atomic E-state index is 12.2. The van der Waals surface area contributed by atoms with Gasteiger partial charge in [-0.2, -0.15) is 0 Å². The molecule has 11 heteroatoms. The van der Waals surface area contributed by atoms with Crippen molar-refractivity contribution < 1.29 is 26.3 Å². The lowest BCUT2D eigenvalue weighted by atomic mass is 10.2. The van der Waals surface area contributed by atoms with E-state index in [0.717, 1.165) is 0 Å². The second kappa shape index (κ2) is 7.34. The van der Waals surface area contributed by atoms with Crippen LogP contribution in [0.5, 0.6) is 5.75 Å². The molecule has 0 radical (unpaired) electrons. The van der Waals surface area contributed by atoms with Gasteiger partial charge in [0, 0.05) is 19.8 Å². The third kappa shape index (κ3) is 5.72. The van der Waals surface area contributed by atoms with Crippen LogP contribution in [-0.4, -0.2) is 61.6 Å². The molecule has 1 aliphatic heterocycles. The van der Waals surface area contributed by atoms with Crippen LogP contribution in [0.25, 0.3) is 0 Å². The molecule has 1 N–H and O–H groups in total. The topological polar surface area (TPSA) is 61.9 Å². The smallest absolute Gasteiger partial charge is 0.406 e. The van der Waals surface area contributed by atoms with E-state index < -0.39 is 16.2 Å². The average Bonchev–Trinajstić information content (AvgIpc) is 2.79. The van der Waals surface area contributed by atoms with Crippen LogP contribution in [0.1, 0.15) is 6.42 Å². The lowest BCUT2D eigenvalue weighted by Crippen LogP contribution is -2.51. The molecular formula is C14H18F3N3O3S2. The van der Waals surface area contributed by atoms with E-state index in [1.807, 2.05) is 0 Å². The summed E-state index contributed by atoms with van der Waals surface area (Å²) in [5, 5.41) is 6.50. The molecule has 140 valence electrons. The van der Waals surface area contributed by atoms with Crippen LogP contribution in [0.2, 0.25) is 0 Å². The summed E-state index contributed by atoms with van der Waals surface area (Å²) in [4.78, 5) is 0. The van der Waals surface area contributed by atoms with E-state index in [9.17, 15) is 21.6 Å². The third-order valence-electron chi connectivity index (χ3n) is 3.53. The molecule has 0 aliphatic carbocycles. The van der Waals surface area contributed by atoms with Crippen molar-refractivity contribution in [3.05, 3.63) is 24.3 Å². The van der Waals surface area contributed by atoms with E-state index in [4.69, 9.17) is 12.2 Å². The number of halogens is 3. The fourth-order valence-corrected chi connectivity index (χ4v) is 4.69. The van der Waals surface area contributed by atoms with Crippen molar-refractivity contribution in [2.75, 3.05) is 30.9 Å². The predicted molar refractivity (Wildman–Crippen MR) is 91.9 cm³/mol. The Bertz CT molecular complexity index is 721. The molecule has 1 atom stereocenters. The highest BCUT2D eigenvalue weighted by Crippen LogP contribution is 2.25. The summed E-state index contributed by atoms with van der Waals surface area (Å²) in [5.41, 5.74) is 0.465. The third-order valence-corrected chi connectivity index (χ3v) is 5.57. The summed E-state index contributed by atoms with van der Waals surface area (Å²) in [6, 6.07) is 4.84. The number of sulfone groups is 1. The summed E-state index contributed by atoms with van der Waals surface area (Å²) in [5.74, 6) is -0.227. The van der Waals surface area contributed by atoms with Gasteiger partial charge < -0.3 is 10.1 Å². The molecule has 1 fully saturated rings. The van der Waals surface area contributed by atoms with Crippen LogP contribution in [0.3, 0.4) is 0 Å². The lowest BCUT2D eigenvalue weighted by Gasteiger charge is -2.36. The Morgan fingerprint density at radius 1 is 1.28 bits per heavy atom. The standard InChI is InChI=1S/C14H18F3N3O3S2/c1-19(2)20(11-7-8-25(21,22)9-11)13(24)18-10-3-5-12(6-4-10)23-14(15,16)17/h3-6,11H,7-9H2,1-2H3,(H,18,24)/t11-/m0/s1. The Morgan fingerprint density at radius 3 is 2.32 bits per heavy atom. The minimum atomic E-state index is -4.75. The molecule has 0 unspecified atom stereocenters. The SMILES string of the molecule is CN(C)N(C(=S)Nc1ccc(OC(F)(F)F)cc1)[C@H]1CCS(=O)(=O)C1. The molecule has 0 aromatic heterocycles. The second-order valence-corrected chi connectivity index (χ2v) is 8.37. The minimum Gasteiger partial charge on any atom is -0.406 e. The number of benzene rings is 1. The molecule has 1 aliphatic rings. The number of nitrogens with one attached hydrogen (secondary N) is 1. The molecule has 25 heavy (non-hydrogen) atoms. The molecular weight excluding hydrogens is 379 g/mol. The van der Waals surface area contributed by atoms with E-state index in [-0.39, 0.29) is 28.4 Å². The van der Waals surface area contributed by atoms with E-state index in [1.165, 1.54) is 24.3 Å². The van der Waals surface area contributed by atoms with Crippen molar-refractivity contribution in [3.8, 4) is 5.75 Å². The Morgan fingerprint density at radius 2 is 1.88 bits per heavy atom. The highest BCUT2D eigenvalue weighted by Gasteiger charge is 2.35. The zero-order chi connectivity index (χ0) is 18.8. The first-order valence-electron chi connectivity index (χ1n) is 7.30. The summed E-state index contributed by atoms with van der Waals surface area (Å²) < 4.78 is 63.7. The molecule has 2 rings (SSSR count). The van der Waals surface area contributed by atoms with Crippen molar-refractivity contribution in [1.82, 2.24) is 10.0 Å². The lowest BCUT2D eigenvalue weighted by molar-refractivity contribution is -0.274. The van der Waals surface area contributed by atoms with Crippen molar-refractivity contribution in [1.29, 1.82) is 0 Å². The van der Waals surface area contributed by atoms with Gasteiger partial charge in [-0.3, -0.25) is 5.01 Å². The van der Waals surface area contributed by atoms with Gasteiger partial charge in [0.25, 0.3) is 0 Å². The Labute approximate surface area is 149 Å². The second-order valence-electron chi connectivity index (χ2n) is 5.75.